The first-order valence-corrected chi connectivity index (χ1v) is 7.80. The molecule has 3 nitrogen and oxygen atoms in total. The molecule has 3 aromatic rings. The van der Waals surface area contributed by atoms with Gasteiger partial charge in [0.25, 0.3) is 5.56 Å². The summed E-state index contributed by atoms with van der Waals surface area (Å²) in [6.07, 6.45) is 0. The largest absolute Gasteiger partial charge is 0.353 e. The maximum absolute atomic E-state index is 12.8. The van der Waals surface area contributed by atoms with Crippen LogP contribution in [0.2, 0.25) is 0 Å². The molecule has 2 heterocycles. The number of nitrogens with one attached hydrogen (secondary N) is 1. The molecule has 0 atom stereocenters. The van der Waals surface area contributed by atoms with Crippen molar-refractivity contribution < 1.29 is 0 Å². The van der Waals surface area contributed by atoms with Gasteiger partial charge in [0.15, 0.2) is 0 Å². The van der Waals surface area contributed by atoms with E-state index in [0.717, 1.165) is 32.1 Å². The first kappa shape index (κ1) is 12.5. The molecule has 4 heteroatoms. The molecule has 1 N–H and O–H groups in total. The van der Waals surface area contributed by atoms with Gasteiger partial charge < -0.3 is 9.88 Å². The van der Waals surface area contributed by atoms with Gasteiger partial charge in [-0.1, -0.05) is 42.1 Å². The van der Waals surface area contributed by atoms with Crippen LogP contribution in [0.1, 0.15) is 6.92 Å². The molecule has 1 aliphatic rings. The van der Waals surface area contributed by atoms with E-state index in [1.165, 1.54) is 0 Å². The Morgan fingerprint density at radius 3 is 2.71 bits per heavy atom. The number of aryl methyl sites for hydroxylation is 1. The fourth-order valence-electron chi connectivity index (χ4n) is 2.82. The number of rotatable bonds is 1. The number of benzene rings is 2. The van der Waals surface area contributed by atoms with E-state index >= 15 is 0 Å². The van der Waals surface area contributed by atoms with Crippen molar-refractivity contribution in [1.29, 1.82) is 0 Å². The average Bonchev–Trinajstić information content (AvgIpc) is 2.54. The van der Waals surface area contributed by atoms with Crippen LogP contribution >= 0.6 is 11.8 Å². The van der Waals surface area contributed by atoms with Crippen LogP contribution in [0, 0.1) is 0 Å². The van der Waals surface area contributed by atoms with Crippen molar-refractivity contribution in [3.8, 4) is 0 Å². The van der Waals surface area contributed by atoms with E-state index < -0.39 is 0 Å². The summed E-state index contributed by atoms with van der Waals surface area (Å²) in [7, 11) is 0. The lowest BCUT2D eigenvalue weighted by Gasteiger charge is -2.23. The van der Waals surface area contributed by atoms with Crippen molar-refractivity contribution in [1.82, 2.24) is 4.57 Å². The van der Waals surface area contributed by atoms with Gasteiger partial charge in [0.1, 0.15) is 4.90 Å². The molecular weight excluding hydrogens is 280 g/mol. The molecule has 0 aliphatic carbocycles. The highest BCUT2D eigenvalue weighted by molar-refractivity contribution is 7.99. The van der Waals surface area contributed by atoms with Gasteiger partial charge in [0.2, 0.25) is 0 Å². The Morgan fingerprint density at radius 2 is 1.86 bits per heavy atom. The van der Waals surface area contributed by atoms with E-state index in [9.17, 15) is 4.79 Å². The van der Waals surface area contributed by atoms with Crippen LogP contribution in [0.4, 0.5) is 11.4 Å². The minimum absolute atomic E-state index is 0.0817. The smallest absolute Gasteiger partial charge is 0.267 e. The van der Waals surface area contributed by atoms with Crippen LogP contribution in [-0.4, -0.2) is 4.57 Å². The van der Waals surface area contributed by atoms with Gasteiger partial charge in [-0.3, -0.25) is 4.79 Å². The summed E-state index contributed by atoms with van der Waals surface area (Å²) in [5.41, 5.74) is 3.06. The highest BCUT2D eigenvalue weighted by Gasteiger charge is 2.22. The number of hydrogen-bond acceptors (Lipinski definition) is 3. The number of aromatic nitrogens is 1. The Labute approximate surface area is 126 Å². The molecule has 0 unspecified atom stereocenters. The van der Waals surface area contributed by atoms with Gasteiger partial charge >= 0.3 is 0 Å². The van der Waals surface area contributed by atoms with Gasteiger partial charge in [-0.15, -0.1) is 0 Å². The second-order valence-electron chi connectivity index (χ2n) is 4.99. The van der Waals surface area contributed by atoms with Gasteiger partial charge in [-0.2, -0.15) is 0 Å². The van der Waals surface area contributed by atoms with E-state index in [0.29, 0.717) is 6.54 Å². The quantitative estimate of drug-likeness (QED) is 0.570. The van der Waals surface area contributed by atoms with E-state index in [-0.39, 0.29) is 5.56 Å². The molecule has 0 radical (unpaired) electrons. The molecule has 0 amide bonds. The molecule has 4 rings (SSSR count). The number of nitrogens with zero attached hydrogens (tertiary/aromatic N) is 1. The molecule has 1 aromatic heterocycles. The van der Waals surface area contributed by atoms with Crippen LogP contribution in [0.5, 0.6) is 0 Å². The van der Waals surface area contributed by atoms with Crippen molar-refractivity contribution >= 4 is 34.0 Å². The summed E-state index contributed by atoms with van der Waals surface area (Å²) in [5, 5.41) is 4.53. The van der Waals surface area contributed by atoms with Crippen molar-refractivity contribution in [3.63, 3.8) is 0 Å². The van der Waals surface area contributed by atoms with Gasteiger partial charge in [-0.05, 0) is 25.1 Å². The fraction of sp³-hybridized carbons (Fsp3) is 0.118. The molecule has 0 saturated heterocycles. The van der Waals surface area contributed by atoms with Crippen molar-refractivity contribution in [3.05, 3.63) is 58.9 Å². The number of hydrogen-bond donors (Lipinski definition) is 1. The lowest BCUT2D eigenvalue weighted by atomic mass is 10.1. The van der Waals surface area contributed by atoms with Crippen molar-refractivity contribution in [2.24, 2.45) is 0 Å². The highest BCUT2D eigenvalue weighted by atomic mass is 32.2. The maximum atomic E-state index is 12.8. The van der Waals surface area contributed by atoms with Crippen LogP contribution in [-0.2, 0) is 6.54 Å². The summed E-state index contributed by atoms with van der Waals surface area (Å²) in [5.74, 6) is 0. The van der Waals surface area contributed by atoms with Crippen molar-refractivity contribution in [2.45, 2.75) is 23.3 Å². The third-order valence-corrected chi connectivity index (χ3v) is 4.96. The molecule has 104 valence electrons. The minimum atomic E-state index is 0.0817. The third-order valence-electron chi connectivity index (χ3n) is 3.81. The van der Waals surface area contributed by atoms with Crippen LogP contribution in [0.25, 0.3) is 10.9 Å². The van der Waals surface area contributed by atoms with E-state index in [1.807, 2.05) is 54.0 Å². The Bertz CT molecular complexity index is 914. The SMILES string of the molecule is CCn1c(=O)c2c(c3ccccc31)Nc1ccccc1S2. The van der Waals surface area contributed by atoms with Gasteiger partial charge in [0.05, 0.1) is 16.9 Å². The normalized spacial score (nSPS) is 12.6. The molecule has 0 spiro atoms. The molecule has 2 aromatic carbocycles. The monoisotopic (exact) mass is 294 g/mol. The molecule has 0 saturated carbocycles. The van der Waals surface area contributed by atoms with E-state index in [4.69, 9.17) is 0 Å². The molecular formula is C17H14N2OS. The first-order valence-electron chi connectivity index (χ1n) is 6.99. The van der Waals surface area contributed by atoms with Gasteiger partial charge in [0, 0.05) is 16.8 Å². The zero-order chi connectivity index (χ0) is 14.4. The second-order valence-corrected chi connectivity index (χ2v) is 6.05. The average molecular weight is 294 g/mol. The van der Waals surface area contributed by atoms with E-state index in [1.54, 1.807) is 11.8 Å². The highest BCUT2D eigenvalue weighted by Crippen LogP contribution is 2.44. The molecule has 1 aliphatic heterocycles. The number of para-hydroxylation sites is 2. The zero-order valence-electron chi connectivity index (χ0n) is 11.6. The summed E-state index contributed by atoms with van der Waals surface area (Å²) >= 11 is 1.56. The first-order chi connectivity index (χ1) is 10.3. The standard InChI is InChI=1S/C17H14N2OS/c1-2-19-13-9-5-3-7-11(13)15-16(17(19)20)21-14-10-6-4-8-12(14)18-15/h3-10,18H,2H2,1H3. The predicted molar refractivity (Wildman–Crippen MR) is 87.7 cm³/mol. The lowest BCUT2D eigenvalue weighted by Crippen LogP contribution is -2.23. The predicted octanol–water partition coefficient (Wildman–Crippen LogP) is 4.23. The zero-order valence-corrected chi connectivity index (χ0v) is 12.4. The van der Waals surface area contributed by atoms with Crippen LogP contribution in [0.3, 0.4) is 0 Å². The van der Waals surface area contributed by atoms with Crippen LogP contribution < -0.4 is 10.9 Å². The van der Waals surface area contributed by atoms with Crippen molar-refractivity contribution in [2.75, 3.05) is 5.32 Å². The fourth-order valence-corrected chi connectivity index (χ4v) is 3.87. The Hall–Kier alpha value is -2.20. The minimum Gasteiger partial charge on any atom is -0.353 e. The maximum Gasteiger partial charge on any atom is 0.267 e. The van der Waals surface area contributed by atoms with Crippen LogP contribution in [0.15, 0.2) is 63.1 Å². The summed E-state index contributed by atoms with van der Waals surface area (Å²) in [4.78, 5) is 14.7. The summed E-state index contributed by atoms with van der Waals surface area (Å²) in [6, 6.07) is 16.2. The molecule has 0 bridgehead atoms. The third kappa shape index (κ3) is 1.79. The summed E-state index contributed by atoms with van der Waals surface area (Å²) < 4.78 is 1.84. The number of anilines is 2. The Morgan fingerprint density at radius 1 is 1.10 bits per heavy atom. The number of pyridine rings is 1. The number of fused-ring (bicyclic) bond motifs is 4. The Balaban J connectivity index is 2.08. The summed E-state index contributed by atoms with van der Waals surface area (Å²) in [6.45, 7) is 2.68. The Kier molecular flexibility index (Phi) is 2.79. The topological polar surface area (TPSA) is 34.0 Å². The molecule has 0 fully saturated rings. The lowest BCUT2D eigenvalue weighted by molar-refractivity contribution is 0.744. The second kappa shape index (κ2) is 4.67. The molecule has 21 heavy (non-hydrogen) atoms. The van der Waals surface area contributed by atoms with Gasteiger partial charge in [-0.25, -0.2) is 0 Å². The van der Waals surface area contributed by atoms with E-state index in [2.05, 4.69) is 11.4 Å².